The van der Waals surface area contributed by atoms with Crippen molar-refractivity contribution in [2.45, 2.75) is 13.8 Å². The number of nitro benzene ring substituents is 1. The molecule has 0 aliphatic rings. The van der Waals surface area contributed by atoms with E-state index < -0.39 is 10.8 Å². The van der Waals surface area contributed by atoms with E-state index in [2.05, 4.69) is 15.5 Å². The third kappa shape index (κ3) is 4.63. The summed E-state index contributed by atoms with van der Waals surface area (Å²) in [6.07, 6.45) is 2.81. The Labute approximate surface area is 154 Å². The Morgan fingerprint density at radius 3 is 2.41 bits per heavy atom. The maximum atomic E-state index is 12.0. The van der Waals surface area contributed by atoms with Crippen molar-refractivity contribution in [1.29, 1.82) is 0 Å². The molecule has 1 heterocycles. The molecule has 8 nitrogen and oxygen atoms in total. The standard InChI is InChI=1S/C19H16N4O4/c1-12-9-13(2)11-15(10-12)18-21-22-19(27-18)20-17(24)8-5-14-3-6-16(7-4-14)23(25)26/h3-11H,1-2H3,(H,20,22,24). The van der Waals surface area contributed by atoms with Crippen LogP contribution in [0.1, 0.15) is 16.7 Å². The van der Waals surface area contributed by atoms with Crippen molar-refractivity contribution in [3.8, 4) is 11.5 Å². The Kier molecular flexibility index (Phi) is 5.07. The molecule has 0 bridgehead atoms. The molecule has 3 aromatic rings. The summed E-state index contributed by atoms with van der Waals surface area (Å²) in [6, 6.07) is 11.7. The van der Waals surface area contributed by atoms with Gasteiger partial charge in [-0.3, -0.25) is 20.2 Å². The number of anilines is 1. The Hall–Kier alpha value is -3.81. The fraction of sp³-hybridized carbons (Fsp3) is 0.105. The highest BCUT2D eigenvalue weighted by Gasteiger charge is 2.11. The maximum absolute atomic E-state index is 12.0. The molecule has 1 aromatic heterocycles. The number of carbonyl (C=O) groups is 1. The second-order valence-electron chi connectivity index (χ2n) is 5.96. The van der Waals surface area contributed by atoms with Crippen LogP contribution < -0.4 is 5.32 Å². The summed E-state index contributed by atoms with van der Waals surface area (Å²) in [7, 11) is 0. The third-order valence-electron chi connectivity index (χ3n) is 3.65. The Balaban J connectivity index is 1.66. The molecule has 0 aliphatic carbocycles. The number of hydrogen-bond donors (Lipinski definition) is 1. The Morgan fingerprint density at radius 1 is 1.11 bits per heavy atom. The molecule has 8 heteroatoms. The quantitative estimate of drug-likeness (QED) is 0.417. The highest BCUT2D eigenvalue weighted by atomic mass is 16.6. The minimum atomic E-state index is -0.483. The Morgan fingerprint density at radius 2 is 1.78 bits per heavy atom. The largest absolute Gasteiger partial charge is 0.403 e. The van der Waals surface area contributed by atoms with Gasteiger partial charge in [-0.05, 0) is 49.8 Å². The lowest BCUT2D eigenvalue weighted by Crippen LogP contribution is -2.07. The summed E-state index contributed by atoms with van der Waals surface area (Å²) in [6.45, 7) is 3.94. The molecule has 0 saturated carbocycles. The first-order chi connectivity index (χ1) is 12.9. The lowest BCUT2D eigenvalue weighted by atomic mass is 10.1. The van der Waals surface area contributed by atoms with Crippen LogP contribution >= 0.6 is 0 Å². The molecule has 1 N–H and O–H groups in total. The number of non-ortho nitro benzene ring substituents is 1. The molecule has 0 fully saturated rings. The van der Waals surface area contributed by atoms with Crippen LogP contribution in [0.15, 0.2) is 53.0 Å². The average molecular weight is 364 g/mol. The number of benzene rings is 2. The smallest absolute Gasteiger partial charge is 0.322 e. The van der Waals surface area contributed by atoms with Gasteiger partial charge in [0.2, 0.25) is 5.89 Å². The van der Waals surface area contributed by atoms with Crippen molar-refractivity contribution >= 4 is 23.7 Å². The van der Waals surface area contributed by atoms with Gasteiger partial charge in [0.15, 0.2) is 0 Å². The molecule has 0 saturated heterocycles. The molecule has 1 amide bonds. The van der Waals surface area contributed by atoms with E-state index in [1.807, 2.05) is 32.0 Å². The minimum Gasteiger partial charge on any atom is -0.403 e. The number of hydrogen-bond acceptors (Lipinski definition) is 6. The van der Waals surface area contributed by atoms with Gasteiger partial charge in [0.25, 0.3) is 11.6 Å². The molecule has 27 heavy (non-hydrogen) atoms. The predicted molar refractivity (Wildman–Crippen MR) is 100.0 cm³/mol. The fourth-order valence-electron chi connectivity index (χ4n) is 2.51. The van der Waals surface area contributed by atoms with E-state index >= 15 is 0 Å². The van der Waals surface area contributed by atoms with Gasteiger partial charge < -0.3 is 4.42 Å². The summed E-state index contributed by atoms with van der Waals surface area (Å²) in [5, 5.41) is 20.9. The van der Waals surface area contributed by atoms with E-state index in [1.165, 1.54) is 24.3 Å². The van der Waals surface area contributed by atoms with E-state index in [0.29, 0.717) is 11.5 Å². The van der Waals surface area contributed by atoms with E-state index in [-0.39, 0.29) is 11.7 Å². The van der Waals surface area contributed by atoms with Gasteiger partial charge in [0, 0.05) is 23.8 Å². The summed E-state index contributed by atoms with van der Waals surface area (Å²) in [5.74, 6) is -0.138. The number of rotatable bonds is 5. The number of nitrogens with one attached hydrogen (secondary N) is 1. The van der Waals surface area contributed by atoms with Crippen LogP contribution in [-0.2, 0) is 4.79 Å². The maximum Gasteiger partial charge on any atom is 0.322 e. The molecule has 3 rings (SSSR count). The van der Waals surface area contributed by atoms with Gasteiger partial charge in [-0.25, -0.2) is 0 Å². The topological polar surface area (TPSA) is 111 Å². The second kappa shape index (κ2) is 7.61. The lowest BCUT2D eigenvalue weighted by Gasteiger charge is -2.00. The second-order valence-corrected chi connectivity index (χ2v) is 5.96. The van der Waals surface area contributed by atoms with Crippen LogP contribution in [0.3, 0.4) is 0 Å². The Bertz CT molecular complexity index is 1000. The van der Waals surface area contributed by atoms with Gasteiger partial charge in [0.1, 0.15) is 0 Å². The molecular formula is C19H16N4O4. The van der Waals surface area contributed by atoms with Crippen molar-refractivity contribution in [2.24, 2.45) is 0 Å². The zero-order valence-electron chi connectivity index (χ0n) is 14.7. The number of nitrogens with zero attached hydrogens (tertiary/aromatic N) is 3. The highest BCUT2D eigenvalue weighted by molar-refractivity contribution is 6.00. The molecule has 0 radical (unpaired) electrons. The van der Waals surface area contributed by atoms with Crippen molar-refractivity contribution in [3.05, 3.63) is 75.3 Å². The first-order valence-corrected chi connectivity index (χ1v) is 8.06. The van der Waals surface area contributed by atoms with Crippen LogP contribution in [0.2, 0.25) is 0 Å². The van der Waals surface area contributed by atoms with E-state index in [0.717, 1.165) is 16.7 Å². The third-order valence-corrected chi connectivity index (χ3v) is 3.65. The zero-order valence-corrected chi connectivity index (χ0v) is 14.7. The summed E-state index contributed by atoms with van der Waals surface area (Å²) < 4.78 is 5.48. The van der Waals surface area contributed by atoms with Crippen molar-refractivity contribution < 1.29 is 14.1 Å². The normalized spacial score (nSPS) is 10.9. The molecule has 136 valence electrons. The van der Waals surface area contributed by atoms with E-state index in [9.17, 15) is 14.9 Å². The van der Waals surface area contributed by atoms with Gasteiger partial charge in [-0.1, -0.05) is 22.3 Å². The zero-order chi connectivity index (χ0) is 19.4. The number of carbonyl (C=O) groups excluding carboxylic acids is 1. The first kappa shape index (κ1) is 18.0. The first-order valence-electron chi connectivity index (χ1n) is 8.06. The SMILES string of the molecule is Cc1cc(C)cc(-c2nnc(NC(=O)C=Cc3ccc([N+](=O)[O-])cc3)o2)c1. The molecule has 0 unspecified atom stereocenters. The predicted octanol–water partition coefficient (Wildman–Crippen LogP) is 3.91. The van der Waals surface area contributed by atoms with Gasteiger partial charge >= 0.3 is 6.01 Å². The number of aromatic nitrogens is 2. The van der Waals surface area contributed by atoms with Gasteiger partial charge in [0.05, 0.1) is 4.92 Å². The lowest BCUT2D eigenvalue weighted by molar-refractivity contribution is -0.384. The van der Waals surface area contributed by atoms with E-state index in [4.69, 9.17) is 4.42 Å². The van der Waals surface area contributed by atoms with Crippen molar-refractivity contribution in [1.82, 2.24) is 10.2 Å². The summed E-state index contributed by atoms with van der Waals surface area (Å²) in [5.41, 5.74) is 3.56. The van der Waals surface area contributed by atoms with Crippen LogP contribution in [0.25, 0.3) is 17.5 Å². The van der Waals surface area contributed by atoms with Crippen LogP contribution in [0.4, 0.5) is 11.7 Å². The fourth-order valence-corrected chi connectivity index (χ4v) is 2.51. The highest BCUT2D eigenvalue weighted by Crippen LogP contribution is 2.22. The molecule has 0 atom stereocenters. The molecule has 0 spiro atoms. The van der Waals surface area contributed by atoms with Crippen molar-refractivity contribution in [3.63, 3.8) is 0 Å². The molecule has 2 aromatic carbocycles. The number of nitro groups is 1. The summed E-state index contributed by atoms with van der Waals surface area (Å²) in [4.78, 5) is 22.1. The number of amides is 1. The van der Waals surface area contributed by atoms with Gasteiger partial charge in [-0.2, -0.15) is 0 Å². The van der Waals surface area contributed by atoms with E-state index in [1.54, 1.807) is 12.1 Å². The molecule has 0 aliphatic heterocycles. The molecular weight excluding hydrogens is 348 g/mol. The summed E-state index contributed by atoms with van der Waals surface area (Å²) >= 11 is 0. The number of aryl methyl sites for hydroxylation is 2. The van der Waals surface area contributed by atoms with Crippen molar-refractivity contribution in [2.75, 3.05) is 5.32 Å². The average Bonchev–Trinajstić information content (AvgIpc) is 3.08. The van der Waals surface area contributed by atoms with Crippen LogP contribution in [0.5, 0.6) is 0 Å². The monoisotopic (exact) mass is 364 g/mol. The van der Waals surface area contributed by atoms with Crippen LogP contribution in [-0.4, -0.2) is 21.0 Å². The van der Waals surface area contributed by atoms with Crippen LogP contribution in [0, 0.1) is 24.0 Å². The van der Waals surface area contributed by atoms with Gasteiger partial charge in [-0.15, -0.1) is 5.10 Å². The minimum absolute atomic E-state index is 0.0116.